The van der Waals surface area contributed by atoms with Crippen LogP contribution in [0, 0.1) is 5.82 Å². The highest BCUT2D eigenvalue weighted by atomic mass is 19.1. The molecule has 0 bridgehead atoms. The van der Waals surface area contributed by atoms with Crippen molar-refractivity contribution in [1.29, 1.82) is 0 Å². The molecule has 4 N–H and O–H groups in total. The molecule has 1 aromatic carbocycles. The molecule has 0 amide bonds. The standard InChI is InChI=1S/C13H19FN2O2/c1-4-5-13(2,3)16-11-7-9(14)8(12(17)18)6-10(11)15/h6-7,16H,4-5,15H2,1-3H3,(H,17,18). The molecule has 0 atom stereocenters. The minimum Gasteiger partial charge on any atom is -0.478 e. The molecule has 100 valence electrons. The van der Waals surface area contributed by atoms with Crippen LogP contribution in [0.4, 0.5) is 15.8 Å². The van der Waals surface area contributed by atoms with Gasteiger partial charge in [0, 0.05) is 5.54 Å². The predicted molar refractivity (Wildman–Crippen MR) is 70.4 cm³/mol. The SMILES string of the molecule is CCCC(C)(C)Nc1cc(F)c(C(=O)O)cc1N. The molecule has 0 heterocycles. The Morgan fingerprint density at radius 2 is 2.11 bits per heavy atom. The van der Waals surface area contributed by atoms with Gasteiger partial charge in [0.25, 0.3) is 0 Å². The Labute approximate surface area is 106 Å². The van der Waals surface area contributed by atoms with Crippen molar-refractivity contribution >= 4 is 17.3 Å². The lowest BCUT2D eigenvalue weighted by Gasteiger charge is -2.28. The lowest BCUT2D eigenvalue weighted by Crippen LogP contribution is -2.31. The number of carbonyl (C=O) groups is 1. The first-order valence-corrected chi connectivity index (χ1v) is 5.87. The average molecular weight is 254 g/mol. The van der Waals surface area contributed by atoms with Gasteiger partial charge in [-0.15, -0.1) is 0 Å². The summed E-state index contributed by atoms with van der Waals surface area (Å²) in [5.74, 6) is -2.11. The Hall–Kier alpha value is -1.78. The van der Waals surface area contributed by atoms with Crippen LogP contribution in [0.2, 0.25) is 0 Å². The third kappa shape index (κ3) is 3.35. The second-order valence-electron chi connectivity index (χ2n) is 4.98. The fraction of sp³-hybridized carbons (Fsp3) is 0.462. The van der Waals surface area contributed by atoms with Gasteiger partial charge in [0.15, 0.2) is 0 Å². The zero-order valence-corrected chi connectivity index (χ0v) is 10.9. The van der Waals surface area contributed by atoms with E-state index in [-0.39, 0.29) is 11.2 Å². The minimum atomic E-state index is -1.32. The maximum absolute atomic E-state index is 13.6. The monoisotopic (exact) mass is 254 g/mol. The van der Waals surface area contributed by atoms with Crippen molar-refractivity contribution in [1.82, 2.24) is 0 Å². The number of halogens is 1. The maximum Gasteiger partial charge on any atom is 0.338 e. The van der Waals surface area contributed by atoms with Gasteiger partial charge in [-0.25, -0.2) is 9.18 Å². The molecule has 1 aromatic rings. The number of carboxylic acids is 1. The Balaban J connectivity index is 3.05. The minimum absolute atomic E-state index is 0.222. The van der Waals surface area contributed by atoms with Gasteiger partial charge < -0.3 is 16.2 Å². The van der Waals surface area contributed by atoms with Crippen LogP contribution in [0.25, 0.3) is 0 Å². The molecule has 0 aliphatic carbocycles. The van der Waals surface area contributed by atoms with Crippen LogP contribution in [0.1, 0.15) is 44.0 Å². The molecule has 1 rings (SSSR count). The molecule has 0 unspecified atom stereocenters. The molecule has 0 saturated carbocycles. The van der Waals surface area contributed by atoms with Gasteiger partial charge in [-0.1, -0.05) is 13.3 Å². The van der Waals surface area contributed by atoms with Gasteiger partial charge in [0.05, 0.1) is 16.9 Å². The quantitative estimate of drug-likeness (QED) is 0.706. The summed E-state index contributed by atoms with van der Waals surface area (Å²) < 4.78 is 13.6. The van der Waals surface area contributed by atoms with Crippen molar-refractivity contribution in [2.75, 3.05) is 11.1 Å². The van der Waals surface area contributed by atoms with E-state index in [9.17, 15) is 9.18 Å². The van der Waals surface area contributed by atoms with E-state index in [1.807, 2.05) is 13.8 Å². The van der Waals surface area contributed by atoms with E-state index in [0.717, 1.165) is 25.0 Å². The summed E-state index contributed by atoms with van der Waals surface area (Å²) in [5, 5.41) is 11.9. The zero-order valence-electron chi connectivity index (χ0n) is 10.9. The number of anilines is 2. The molecule has 0 aliphatic rings. The van der Waals surface area contributed by atoms with Gasteiger partial charge in [-0.3, -0.25) is 0 Å². The molecule has 0 spiro atoms. The molecule has 0 radical (unpaired) electrons. The summed E-state index contributed by atoms with van der Waals surface area (Å²) in [6.45, 7) is 6.03. The van der Waals surface area contributed by atoms with Crippen LogP contribution < -0.4 is 11.1 Å². The molecule has 0 aliphatic heterocycles. The largest absolute Gasteiger partial charge is 0.478 e. The first-order valence-electron chi connectivity index (χ1n) is 5.87. The maximum atomic E-state index is 13.6. The first-order chi connectivity index (χ1) is 8.26. The number of nitrogens with two attached hydrogens (primary N) is 1. The third-order valence-corrected chi connectivity index (χ3v) is 2.72. The van der Waals surface area contributed by atoms with E-state index in [1.54, 1.807) is 0 Å². The van der Waals surface area contributed by atoms with Gasteiger partial charge in [0.2, 0.25) is 0 Å². The smallest absolute Gasteiger partial charge is 0.338 e. The molecule has 0 saturated heterocycles. The van der Waals surface area contributed by atoms with Crippen LogP contribution in [-0.4, -0.2) is 16.6 Å². The molecule has 4 nitrogen and oxygen atoms in total. The number of nitrogens with one attached hydrogen (secondary N) is 1. The van der Waals surface area contributed by atoms with Gasteiger partial charge >= 0.3 is 5.97 Å². The number of carboxylic acid groups (broad SMARTS) is 1. The normalized spacial score (nSPS) is 11.3. The van der Waals surface area contributed by atoms with Gasteiger partial charge in [0.1, 0.15) is 5.82 Å². The zero-order chi connectivity index (χ0) is 13.9. The average Bonchev–Trinajstić information content (AvgIpc) is 2.21. The topological polar surface area (TPSA) is 75.3 Å². The van der Waals surface area contributed by atoms with E-state index in [1.165, 1.54) is 0 Å². The van der Waals surface area contributed by atoms with E-state index in [2.05, 4.69) is 12.2 Å². The van der Waals surface area contributed by atoms with Gasteiger partial charge in [-0.05, 0) is 32.4 Å². The van der Waals surface area contributed by atoms with Crippen molar-refractivity contribution in [2.24, 2.45) is 0 Å². The number of hydrogen-bond acceptors (Lipinski definition) is 3. The van der Waals surface area contributed by atoms with Crippen LogP contribution >= 0.6 is 0 Å². The van der Waals surface area contributed by atoms with E-state index in [0.29, 0.717) is 5.69 Å². The fourth-order valence-electron chi connectivity index (χ4n) is 1.91. The lowest BCUT2D eigenvalue weighted by molar-refractivity contribution is 0.0692. The predicted octanol–water partition coefficient (Wildman–Crippen LogP) is 3.10. The number of nitrogen functional groups attached to an aromatic ring is 1. The van der Waals surface area contributed by atoms with Crippen molar-refractivity contribution < 1.29 is 14.3 Å². The number of hydrogen-bond donors (Lipinski definition) is 3. The summed E-state index contributed by atoms with van der Waals surface area (Å²) >= 11 is 0. The summed E-state index contributed by atoms with van der Waals surface area (Å²) in [6.07, 6.45) is 1.88. The van der Waals surface area contributed by atoms with Crippen molar-refractivity contribution in [2.45, 2.75) is 39.2 Å². The lowest BCUT2D eigenvalue weighted by atomic mass is 9.98. The number of benzene rings is 1. The van der Waals surface area contributed by atoms with E-state index < -0.39 is 17.3 Å². The Morgan fingerprint density at radius 1 is 1.50 bits per heavy atom. The first kappa shape index (κ1) is 14.3. The summed E-state index contributed by atoms with van der Waals surface area (Å²) in [4.78, 5) is 10.8. The Morgan fingerprint density at radius 3 is 2.61 bits per heavy atom. The summed E-state index contributed by atoms with van der Waals surface area (Å²) in [5.41, 5.74) is 5.77. The molecule has 0 aromatic heterocycles. The summed E-state index contributed by atoms with van der Waals surface area (Å²) in [6, 6.07) is 2.28. The Bertz CT molecular complexity index is 459. The number of aromatic carboxylic acids is 1. The molecular weight excluding hydrogens is 235 g/mol. The van der Waals surface area contributed by atoms with Crippen molar-refractivity contribution in [3.63, 3.8) is 0 Å². The van der Waals surface area contributed by atoms with Crippen LogP contribution in [0.15, 0.2) is 12.1 Å². The van der Waals surface area contributed by atoms with Crippen molar-refractivity contribution in [3.05, 3.63) is 23.5 Å². The van der Waals surface area contributed by atoms with E-state index in [4.69, 9.17) is 10.8 Å². The fourth-order valence-corrected chi connectivity index (χ4v) is 1.91. The second-order valence-corrected chi connectivity index (χ2v) is 4.98. The van der Waals surface area contributed by atoms with Crippen LogP contribution in [0.3, 0.4) is 0 Å². The molecule has 0 fully saturated rings. The Kier molecular flexibility index (Phi) is 4.16. The van der Waals surface area contributed by atoms with Crippen LogP contribution in [0.5, 0.6) is 0 Å². The summed E-state index contributed by atoms with van der Waals surface area (Å²) in [7, 11) is 0. The molecular formula is C13H19FN2O2. The van der Waals surface area contributed by atoms with E-state index >= 15 is 0 Å². The third-order valence-electron chi connectivity index (χ3n) is 2.72. The molecule has 18 heavy (non-hydrogen) atoms. The highest BCUT2D eigenvalue weighted by molar-refractivity contribution is 5.90. The highest BCUT2D eigenvalue weighted by Gasteiger charge is 2.19. The second kappa shape index (κ2) is 5.25. The van der Waals surface area contributed by atoms with Crippen molar-refractivity contribution in [3.8, 4) is 0 Å². The molecule has 5 heteroatoms. The number of rotatable bonds is 5. The highest BCUT2D eigenvalue weighted by Crippen LogP contribution is 2.27. The van der Waals surface area contributed by atoms with Crippen LogP contribution in [-0.2, 0) is 0 Å². The van der Waals surface area contributed by atoms with Gasteiger partial charge in [-0.2, -0.15) is 0 Å².